The van der Waals surface area contributed by atoms with Crippen LogP contribution in [0.15, 0.2) is 22.5 Å². The number of aliphatic imine (C=N–C) groups is 1. The molecule has 0 bridgehead atoms. The van der Waals surface area contributed by atoms with Gasteiger partial charge in [0.05, 0.1) is 6.61 Å². The Morgan fingerprint density at radius 2 is 2.31 bits per heavy atom. The molecule has 0 radical (unpaired) electrons. The number of nitrogens with zero attached hydrogens (tertiary/aromatic N) is 4. The summed E-state index contributed by atoms with van der Waals surface area (Å²) in [4.78, 5) is 6.06. The van der Waals surface area contributed by atoms with Gasteiger partial charge >= 0.3 is 0 Å². The molecule has 1 fully saturated rings. The van der Waals surface area contributed by atoms with Gasteiger partial charge in [-0.05, 0) is 31.2 Å². The monoisotopic (exact) mass is 490 g/mol. The number of ether oxygens (including phenoxy) is 1. The summed E-state index contributed by atoms with van der Waals surface area (Å²) >= 11 is 1.78. The molecule has 1 saturated heterocycles. The normalized spacial score (nSPS) is 17.2. The summed E-state index contributed by atoms with van der Waals surface area (Å²) in [5.41, 5.74) is 0. The molecule has 144 valence electrons. The second-order valence-corrected chi connectivity index (χ2v) is 7.29. The van der Waals surface area contributed by atoms with E-state index < -0.39 is 0 Å². The second kappa shape index (κ2) is 10.8. The Labute approximate surface area is 175 Å². The van der Waals surface area contributed by atoms with Crippen LogP contribution in [0.4, 0.5) is 0 Å². The molecule has 1 atom stereocenters. The van der Waals surface area contributed by atoms with Gasteiger partial charge in [0.25, 0.3) is 0 Å². The van der Waals surface area contributed by atoms with E-state index in [1.807, 2.05) is 18.5 Å². The Bertz CT molecular complexity index is 681. The van der Waals surface area contributed by atoms with Crippen molar-refractivity contribution in [3.05, 3.63) is 34.0 Å². The van der Waals surface area contributed by atoms with Crippen molar-refractivity contribution in [2.75, 3.05) is 26.3 Å². The van der Waals surface area contributed by atoms with Gasteiger partial charge in [-0.1, -0.05) is 6.07 Å². The molecule has 0 spiro atoms. The summed E-state index contributed by atoms with van der Waals surface area (Å²) in [7, 11) is 1.97. The van der Waals surface area contributed by atoms with E-state index in [9.17, 15) is 0 Å². The largest absolute Gasteiger partial charge is 0.381 e. The minimum absolute atomic E-state index is 0. The Kier molecular flexibility index (Phi) is 8.79. The van der Waals surface area contributed by atoms with Crippen molar-refractivity contribution in [2.24, 2.45) is 18.0 Å². The zero-order valence-corrected chi connectivity index (χ0v) is 18.4. The first kappa shape index (κ1) is 21.1. The zero-order valence-electron chi connectivity index (χ0n) is 15.3. The van der Waals surface area contributed by atoms with Gasteiger partial charge in [0.15, 0.2) is 11.8 Å². The molecular weight excluding hydrogens is 463 g/mol. The number of aryl methyl sites for hydroxylation is 1. The first-order valence-electron chi connectivity index (χ1n) is 8.69. The third-order valence-electron chi connectivity index (χ3n) is 4.39. The topological polar surface area (TPSA) is 76.4 Å². The van der Waals surface area contributed by atoms with Crippen LogP contribution in [0.1, 0.15) is 22.9 Å². The van der Waals surface area contributed by atoms with Gasteiger partial charge in [0.1, 0.15) is 12.4 Å². The second-order valence-electron chi connectivity index (χ2n) is 6.25. The van der Waals surface area contributed by atoms with Crippen LogP contribution in [0.3, 0.4) is 0 Å². The minimum atomic E-state index is 0. The standard InChI is InChI=1S/C17H26N6OS.HI/c1-13-21-22-16(23(13)2)11-20-17(19-10-14-6-8-24-12-14)18-7-5-15-4-3-9-25-15;/h3-4,9,14H,5-8,10-12H2,1-2H3,(H2,18,19,20);1H. The van der Waals surface area contributed by atoms with Gasteiger partial charge in [-0.15, -0.1) is 45.5 Å². The van der Waals surface area contributed by atoms with Gasteiger partial charge in [0.2, 0.25) is 0 Å². The number of hydrogen-bond donors (Lipinski definition) is 2. The van der Waals surface area contributed by atoms with Crippen molar-refractivity contribution in [1.82, 2.24) is 25.4 Å². The summed E-state index contributed by atoms with van der Waals surface area (Å²) in [6, 6.07) is 4.25. The summed E-state index contributed by atoms with van der Waals surface area (Å²) in [5, 5.41) is 17.2. The number of halogens is 1. The fraction of sp³-hybridized carbons (Fsp3) is 0.588. The van der Waals surface area contributed by atoms with Gasteiger partial charge < -0.3 is 19.9 Å². The molecule has 0 amide bonds. The maximum absolute atomic E-state index is 5.45. The minimum Gasteiger partial charge on any atom is -0.381 e. The van der Waals surface area contributed by atoms with Crippen LogP contribution in [-0.2, 0) is 24.8 Å². The summed E-state index contributed by atoms with van der Waals surface area (Å²) in [6.45, 7) is 5.88. The molecule has 9 heteroatoms. The van der Waals surface area contributed by atoms with Crippen molar-refractivity contribution in [2.45, 2.75) is 26.3 Å². The van der Waals surface area contributed by atoms with Crippen LogP contribution >= 0.6 is 35.3 Å². The highest BCUT2D eigenvalue weighted by Crippen LogP contribution is 2.11. The lowest BCUT2D eigenvalue weighted by Crippen LogP contribution is -2.41. The molecule has 2 aromatic heterocycles. The summed E-state index contributed by atoms with van der Waals surface area (Å²) in [5.74, 6) is 3.14. The number of rotatable bonds is 7. The van der Waals surface area contributed by atoms with Crippen LogP contribution in [0, 0.1) is 12.8 Å². The Morgan fingerprint density at radius 1 is 1.42 bits per heavy atom. The molecule has 2 aromatic rings. The van der Waals surface area contributed by atoms with Crippen molar-refractivity contribution in [3.63, 3.8) is 0 Å². The zero-order chi connectivity index (χ0) is 17.5. The molecule has 3 heterocycles. The highest BCUT2D eigenvalue weighted by Gasteiger charge is 2.16. The maximum Gasteiger partial charge on any atom is 0.191 e. The van der Waals surface area contributed by atoms with E-state index in [0.29, 0.717) is 12.5 Å². The van der Waals surface area contributed by atoms with Gasteiger partial charge in [-0.2, -0.15) is 0 Å². The fourth-order valence-electron chi connectivity index (χ4n) is 2.66. The Morgan fingerprint density at radius 3 is 2.96 bits per heavy atom. The Hall–Kier alpha value is -1.20. The lowest BCUT2D eigenvalue weighted by atomic mass is 10.1. The Balaban J connectivity index is 0.00000243. The SMILES string of the molecule is Cc1nnc(CN=C(NCCc2cccs2)NCC2CCOC2)n1C.I. The third-order valence-corrected chi connectivity index (χ3v) is 5.32. The van der Waals surface area contributed by atoms with Crippen molar-refractivity contribution in [1.29, 1.82) is 0 Å². The van der Waals surface area contributed by atoms with Crippen LogP contribution in [-0.4, -0.2) is 47.0 Å². The molecule has 2 N–H and O–H groups in total. The highest BCUT2D eigenvalue weighted by atomic mass is 127. The average Bonchev–Trinajstić information content (AvgIpc) is 3.36. The van der Waals surface area contributed by atoms with Crippen molar-refractivity contribution >= 4 is 41.3 Å². The van der Waals surface area contributed by atoms with E-state index in [4.69, 9.17) is 4.74 Å². The summed E-state index contributed by atoms with van der Waals surface area (Å²) in [6.07, 6.45) is 2.10. The smallest absolute Gasteiger partial charge is 0.191 e. The molecule has 1 aliphatic heterocycles. The lowest BCUT2D eigenvalue weighted by Gasteiger charge is -2.15. The summed E-state index contributed by atoms with van der Waals surface area (Å²) < 4.78 is 7.42. The van der Waals surface area contributed by atoms with E-state index in [-0.39, 0.29) is 24.0 Å². The number of nitrogens with one attached hydrogen (secondary N) is 2. The molecule has 7 nitrogen and oxygen atoms in total. The van der Waals surface area contributed by atoms with E-state index in [0.717, 1.165) is 56.8 Å². The van der Waals surface area contributed by atoms with Crippen LogP contribution in [0.2, 0.25) is 0 Å². The van der Waals surface area contributed by atoms with Gasteiger partial charge in [-0.25, -0.2) is 4.99 Å². The molecule has 1 unspecified atom stereocenters. The number of guanidine groups is 1. The third kappa shape index (κ3) is 6.20. The molecule has 0 saturated carbocycles. The van der Waals surface area contributed by atoms with Crippen molar-refractivity contribution < 1.29 is 4.74 Å². The highest BCUT2D eigenvalue weighted by molar-refractivity contribution is 14.0. The molecule has 0 aromatic carbocycles. The molecular formula is C17H27IN6OS. The number of thiophene rings is 1. The van der Waals surface area contributed by atoms with Crippen LogP contribution in [0.5, 0.6) is 0 Å². The predicted molar refractivity (Wildman–Crippen MR) is 115 cm³/mol. The molecule has 3 rings (SSSR count). The first-order chi connectivity index (χ1) is 12.2. The van der Waals surface area contributed by atoms with Crippen LogP contribution in [0.25, 0.3) is 0 Å². The number of aromatic nitrogens is 3. The van der Waals surface area contributed by atoms with Gasteiger partial charge in [0, 0.05) is 37.5 Å². The van der Waals surface area contributed by atoms with E-state index in [1.54, 1.807) is 11.3 Å². The molecule has 1 aliphatic rings. The predicted octanol–water partition coefficient (Wildman–Crippen LogP) is 2.12. The fourth-order valence-corrected chi connectivity index (χ4v) is 3.37. The molecule has 0 aliphatic carbocycles. The van der Waals surface area contributed by atoms with Crippen molar-refractivity contribution in [3.8, 4) is 0 Å². The number of hydrogen-bond acceptors (Lipinski definition) is 5. The molecule has 26 heavy (non-hydrogen) atoms. The maximum atomic E-state index is 5.45. The van der Waals surface area contributed by atoms with E-state index >= 15 is 0 Å². The first-order valence-corrected chi connectivity index (χ1v) is 9.57. The van der Waals surface area contributed by atoms with E-state index in [2.05, 4.69) is 43.3 Å². The lowest BCUT2D eigenvalue weighted by molar-refractivity contribution is 0.186. The average molecular weight is 490 g/mol. The van der Waals surface area contributed by atoms with E-state index in [1.165, 1.54) is 4.88 Å². The van der Waals surface area contributed by atoms with Crippen LogP contribution < -0.4 is 10.6 Å². The van der Waals surface area contributed by atoms with Gasteiger partial charge in [-0.3, -0.25) is 0 Å². The quantitative estimate of drug-likeness (QED) is 0.354.